The Morgan fingerprint density at radius 3 is 2.35 bits per heavy atom. The molecule has 0 N–H and O–H groups in total. The number of nitrogens with zero attached hydrogens (tertiary/aromatic N) is 2. The van der Waals surface area contributed by atoms with E-state index in [2.05, 4.69) is 43.0 Å². The zero-order chi connectivity index (χ0) is 24.5. The second-order valence-electron chi connectivity index (χ2n) is 12.2. The maximum atomic E-state index is 13.9. The summed E-state index contributed by atoms with van der Waals surface area (Å²) in [5.41, 5.74) is 1.50. The van der Waals surface area contributed by atoms with Crippen molar-refractivity contribution in [1.82, 2.24) is 9.80 Å². The minimum Gasteiger partial charge on any atom is -0.460 e. The largest absolute Gasteiger partial charge is 0.460 e. The maximum absolute atomic E-state index is 13.9. The van der Waals surface area contributed by atoms with Crippen LogP contribution in [0.2, 0.25) is 0 Å². The molecule has 2 fully saturated rings. The molecule has 1 saturated heterocycles. The first-order valence-electron chi connectivity index (χ1n) is 13.4. The first-order chi connectivity index (χ1) is 16.1. The van der Waals surface area contributed by atoms with Crippen molar-refractivity contribution in [3.8, 4) is 0 Å². The molecular formula is C29H44N2O3. The summed E-state index contributed by atoms with van der Waals surface area (Å²) >= 11 is 0. The number of amides is 1. The SMILES string of the molecule is CC(C)C1CCC(N2CCC3(CC2)C(=O)N(CCC(=O)OC(C)(C)C)Cc2ccccc23)CC1. The molecule has 0 radical (unpaired) electrons. The van der Waals surface area contributed by atoms with Crippen LogP contribution >= 0.6 is 0 Å². The number of ether oxygens (including phenoxy) is 1. The molecule has 0 atom stereocenters. The fourth-order valence-corrected chi connectivity index (χ4v) is 6.51. The van der Waals surface area contributed by atoms with Crippen LogP contribution in [0.25, 0.3) is 0 Å². The smallest absolute Gasteiger partial charge is 0.308 e. The van der Waals surface area contributed by atoms with E-state index in [-0.39, 0.29) is 18.3 Å². The van der Waals surface area contributed by atoms with Gasteiger partial charge in [0.15, 0.2) is 0 Å². The lowest BCUT2D eigenvalue weighted by Crippen LogP contribution is -2.57. The summed E-state index contributed by atoms with van der Waals surface area (Å²) < 4.78 is 5.49. The lowest BCUT2D eigenvalue weighted by atomic mass is 9.67. The highest BCUT2D eigenvalue weighted by Crippen LogP contribution is 2.44. The number of carbonyl (C=O) groups excluding carboxylic acids is 2. The first kappa shape index (κ1) is 25.2. The molecule has 4 rings (SSSR count). The Balaban J connectivity index is 1.44. The number of fused-ring (bicyclic) bond motifs is 2. The van der Waals surface area contributed by atoms with Gasteiger partial charge in [-0.25, -0.2) is 0 Å². The van der Waals surface area contributed by atoms with Crippen molar-refractivity contribution in [2.24, 2.45) is 11.8 Å². The summed E-state index contributed by atoms with van der Waals surface area (Å²) in [6.45, 7) is 13.3. The third-order valence-corrected chi connectivity index (χ3v) is 8.45. The lowest BCUT2D eigenvalue weighted by molar-refractivity contribution is -0.156. The molecule has 5 heteroatoms. The van der Waals surface area contributed by atoms with E-state index in [1.165, 1.54) is 36.8 Å². The number of rotatable bonds is 5. The Labute approximate surface area is 206 Å². The molecule has 34 heavy (non-hydrogen) atoms. The molecule has 2 aliphatic heterocycles. The van der Waals surface area contributed by atoms with Gasteiger partial charge in [-0.1, -0.05) is 38.1 Å². The summed E-state index contributed by atoms with van der Waals surface area (Å²) in [5.74, 6) is 1.63. The molecule has 1 aliphatic carbocycles. The number of piperidine rings is 1. The highest BCUT2D eigenvalue weighted by molar-refractivity contribution is 5.91. The van der Waals surface area contributed by atoms with Gasteiger partial charge in [0.25, 0.3) is 0 Å². The Morgan fingerprint density at radius 1 is 1.09 bits per heavy atom. The first-order valence-corrected chi connectivity index (χ1v) is 13.4. The monoisotopic (exact) mass is 468 g/mol. The fraction of sp³-hybridized carbons (Fsp3) is 0.724. The molecule has 3 aliphatic rings. The Bertz CT molecular complexity index is 872. The molecule has 5 nitrogen and oxygen atoms in total. The van der Waals surface area contributed by atoms with E-state index in [1.807, 2.05) is 25.7 Å². The standard InChI is InChI=1S/C29H44N2O3/c1-21(2)22-10-12-24(13-11-22)30-18-15-29(16-19-30)25-9-7-6-8-23(25)20-31(27(29)33)17-14-26(32)34-28(3,4)5/h6-9,21-22,24H,10-20H2,1-5H3. The molecule has 188 valence electrons. The van der Waals surface area contributed by atoms with Gasteiger partial charge in [-0.05, 0) is 95.3 Å². The van der Waals surface area contributed by atoms with E-state index in [9.17, 15) is 9.59 Å². The van der Waals surface area contributed by atoms with Gasteiger partial charge in [0.05, 0.1) is 11.8 Å². The summed E-state index contributed by atoms with van der Waals surface area (Å²) in [7, 11) is 0. The van der Waals surface area contributed by atoms with E-state index < -0.39 is 11.0 Å². The van der Waals surface area contributed by atoms with Crippen molar-refractivity contribution < 1.29 is 14.3 Å². The second kappa shape index (κ2) is 10.0. The van der Waals surface area contributed by atoms with Crippen LogP contribution in [-0.2, 0) is 26.3 Å². The maximum Gasteiger partial charge on any atom is 0.308 e. The lowest BCUT2D eigenvalue weighted by Gasteiger charge is -2.49. The normalized spacial score (nSPS) is 25.5. The predicted octanol–water partition coefficient (Wildman–Crippen LogP) is 5.31. The van der Waals surface area contributed by atoms with E-state index in [0.29, 0.717) is 19.1 Å². The fourth-order valence-electron chi connectivity index (χ4n) is 6.51. The van der Waals surface area contributed by atoms with Gasteiger partial charge >= 0.3 is 5.97 Å². The molecule has 1 aromatic rings. The van der Waals surface area contributed by atoms with Gasteiger partial charge < -0.3 is 14.5 Å². The van der Waals surface area contributed by atoms with Crippen LogP contribution in [-0.4, -0.2) is 53.0 Å². The van der Waals surface area contributed by atoms with Crippen LogP contribution in [0.4, 0.5) is 0 Å². The quantitative estimate of drug-likeness (QED) is 0.550. The van der Waals surface area contributed by atoms with Crippen LogP contribution in [0.3, 0.4) is 0 Å². The Morgan fingerprint density at radius 2 is 1.74 bits per heavy atom. The van der Waals surface area contributed by atoms with Crippen molar-refractivity contribution in [3.05, 3.63) is 35.4 Å². The van der Waals surface area contributed by atoms with Gasteiger partial charge in [-0.15, -0.1) is 0 Å². The highest BCUT2D eigenvalue weighted by atomic mass is 16.6. The van der Waals surface area contributed by atoms with Crippen molar-refractivity contribution in [2.45, 2.75) is 103 Å². The van der Waals surface area contributed by atoms with Crippen LogP contribution in [0, 0.1) is 11.8 Å². The van der Waals surface area contributed by atoms with Crippen molar-refractivity contribution in [3.63, 3.8) is 0 Å². The van der Waals surface area contributed by atoms with E-state index >= 15 is 0 Å². The minimum absolute atomic E-state index is 0.206. The molecular weight excluding hydrogens is 424 g/mol. The van der Waals surface area contributed by atoms with Gasteiger partial charge in [0, 0.05) is 19.1 Å². The number of esters is 1. The molecule has 1 saturated carbocycles. The molecule has 0 aromatic heterocycles. The average Bonchev–Trinajstić information content (AvgIpc) is 2.80. The van der Waals surface area contributed by atoms with Gasteiger partial charge in [0.1, 0.15) is 5.60 Å². The van der Waals surface area contributed by atoms with E-state index in [0.717, 1.165) is 37.8 Å². The van der Waals surface area contributed by atoms with Gasteiger partial charge in [-0.2, -0.15) is 0 Å². The zero-order valence-corrected chi connectivity index (χ0v) is 21.9. The molecule has 0 unspecified atom stereocenters. The average molecular weight is 469 g/mol. The van der Waals surface area contributed by atoms with Crippen LogP contribution in [0.5, 0.6) is 0 Å². The summed E-state index contributed by atoms with van der Waals surface area (Å²) in [5, 5.41) is 0. The molecule has 2 heterocycles. The van der Waals surface area contributed by atoms with Crippen LogP contribution in [0.1, 0.15) is 90.7 Å². The van der Waals surface area contributed by atoms with E-state index in [4.69, 9.17) is 4.74 Å². The Kier molecular flexibility index (Phi) is 7.42. The summed E-state index contributed by atoms with van der Waals surface area (Å²) in [6, 6.07) is 9.14. The minimum atomic E-state index is -0.502. The summed E-state index contributed by atoms with van der Waals surface area (Å²) in [6.07, 6.45) is 7.25. The Hall–Kier alpha value is -1.88. The molecule has 1 aromatic carbocycles. The number of hydrogen-bond donors (Lipinski definition) is 0. The van der Waals surface area contributed by atoms with Crippen LogP contribution < -0.4 is 0 Å². The molecule has 1 amide bonds. The second-order valence-corrected chi connectivity index (χ2v) is 12.2. The van der Waals surface area contributed by atoms with Crippen LogP contribution in [0.15, 0.2) is 24.3 Å². The van der Waals surface area contributed by atoms with Crippen molar-refractivity contribution >= 4 is 11.9 Å². The third kappa shape index (κ3) is 5.35. The number of carbonyl (C=O) groups is 2. The predicted molar refractivity (Wildman–Crippen MR) is 135 cm³/mol. The number of hydrogen-bond acceptors (Lipinski definition) is 4. The third-order valence-electron chi connectivity index (χ3n) is 8.45. The van der Waals surface area contributed by atoms with Crippen molar-refractivity contribution in [2.75, 3.05) is 19.6 Å². The molecule has 1 spiro atoms. The number of likely N-dealkylation sites (tertiary alicyclic amines) is 1. The van der Waals surface area contributed by atoms with Gasteiger partial charge in [-0.3, -0.25) is 9.59 Å². The summed E-state index contributed by atoms with van der Waals surface area (Å²) in [4.78, 5) is 30.8. The molecule has 0 bridgehead atoms. The van der Waals surface area contributed by atoms with Gasteiger partial charge in [0.2, 0.25) is 5.91 Å². The van der Waals surface area contributed by atoms with E-state index in [1.54, 1.807) is 0 Å². The zero-order valence-electron chi connectivity index (χ0n) is 21.9. The van der Waals surface area contributed by atoms with Crippen molar-refractivity contribution in [1.29, 1.82) is 0 Å². The number of benzene rings is 1. The topological polar surface area (TPSA) is 49.9 Å². The highest BCUT2D eigenvalue weighted by Gasteiger charge is 2.49.